The molecule has 2 heterocycles. The summed E-state index contributed by atoms with van der Waals surface area (Å²) >= 11 is 0. The average Bonchev–Trinajstić information content (AvgIpc) is 3.04. The van der Waals surface area contributed by atoms with Gasteiger partial charge >= 0.3 is 0 Å². The molecule has 3 nitrogen and oxygen atoms in total. The molecule has 0 atom stereocenters. The molecule has 0 saturated carbocycles. The van der Waals surface area contributed by atoms with Crippen molar-refractivity contribution >= 4 is 21.8 Å². The maximum atomic E-state index is 4.58. The van der Waals surface area contributed by atoms with Crippen LogP contribution in [0.3, 0.4) is 0 Å². The smallest absolute Gasteiger partial charge is 0.0927 e. The third-order valence-electron chi connectivity index (χ3n) is 3.22. The molecule has 2 aromatic carbocycles. The van der Waals surface area contributed by atoms with Crippen molar-refractivity contribution in [3.63, 3.8) is 0 Å². The molecule has 0 bridgehead atoms. The first kappa shape index (κ1) is 9.48. The van der Waals surface area contributed by atoms with E-state index in [0.29, 0.717) is 0 Å². The average molecular weight is 233 g/mol. The van der Waals surface area contributed by atoms with Crippen LogP contribution in [0.5, 0.6) is 0 Å². The van der Waals surface area contributed by atoms with Crippen LogP contribution in [0.2, 0.25) is 0 Å². The van der Waals surface area contributed by atoms with Gasteiger partial charge in [-0.05, 0) is 30.3 Å². The van der Waals surface area contributed by atoms with Gasteiger partial charge in [0, 0.05) is 28.7 Å². The molecule has 1 N–H and O–H groups in total. The van der Waals surface area contributed by atoms with Crippen molar-refractivity contribution in [1.82, 2.24) is 14.8 Å². The Morgan fingerprint density at radius 1 is 0.944 bits per heavy atom. The zero-order chi connectivity index (χ0) is 11.9. The highest BCUT2D eigenvalue weighted by Crippen LogP contribution is 2.19. The van der Waals surface area contributed by atoms with Gasteiger partial charge in [0.2, 0.25) is 0 Å². The molecule has 0 aliphatic rings. The lowest BCUT2D eigenvalue weighted by Crippen LogP contribution is -1.93. The molecule has 4 aromatic rings. The van der Waals surface area contributed by atoms with Gasteiger partial charge < -0.3 is 4.98 Å². The van der Waals surface area contributed by atoms with Crippen LogP contribution in [0.25, 0.3) is 27.5 Å². The Balaban J connectivity index is 1.94. The Bertz CT molecular complexity index is 806. The third-order valence-corrected chi connectivity index (χ3v) is 3.22. The van der Waals surface area contributed by atoms with E-state index in [9.17, 15) is 0 Å². The van der Waals surface area contributed by atoms with Crippen LogP contribution < -0.4 is 0 Å². The molecule has 0 unspecified atom stereocenters. The molecule has 2 aromatic heterocycles. The Labute approximate surface area is 104 Å². The summed E-state index contributed by atoms with van der Waals surface area (Å²) in [4.78, 5) is 3.20. The topological polar surface area (TPSA) is 33.6 Å². The number of hydrogen-bond acceptors (Lipinski definition) is 1. The number of nitrogens with zero attached hydrogens (tertiary/aromatic N) is 2. The van der Waals surface area contributed by atoms with Crippen LogP contribution in [0.4, 0.5) is 0 Å². The molecule has 0 aliphatic heterocycles. The van der Waals surface area contributed by atoms with Gasteiger partial charge in [0.1, 0.15) is 0 Å². The third kappa shape index (κ3) is 1.34. The fourth-order valence-electron chi connectivity index (χ4n) is 2.28. The van der Waals surface area contributed by atoms with Gasteiger partial charge in [0.15, 0.2) is 0 Å². The van der Waals surface area contributed by atoms with Crippen molar-refractivity contribution in [3.05, 3.63) is 60.9 Å². The largest absolute Gasteiger partial charge is 0.361 e. The van der Waals surface area contributed by atoms with Gasteiger partial charge in [-0.25, -0.2) is 4.68 Å². The Morgan fingerprint density at radius 2 is 1.89 bits per heavy atom. The minimum atomic E-state index is 1.02. The maximum absolute atomic E-state index is 4.58. The van der Waals surface area contributed by atoms with Crippen LogP contribution in [-0.4, -0.2) is 14.8 Å². The number of aromatic amines is 1. The molecular weight excluding hydrogens is 222 g/mol. The summed E-state index contributed by atoms with van der Waals surface area (Å²) in [6, 6.07) is 16.5. The van der Waals surface area contributed by atoms with E-state index in [1.807, 2.05) is 29.1 Å². The molecule has 4 rings (SSSR count). The molecule has 86 valence electrons. The highest BCUT2D eigenvalue weighted by molar-refractivity contribution is 5.82. The summed E-state index contributed by atoms with van der Waals surface area (Å²) < 4.78 is 1.93. The fourth-order valence-corrected chi connectivity index (χ4v) is 2.28. The summed E-state index contributed by atoms with van der Waals surface area (Å²) in [7, 11) is 0. The molecule has 0 aliphatic carbocycles. The fraction of sp³-hybridized carbons (Fsp3) is 0. The van der Waals surface area contributed by atoms with Gasteiger partial charge in [-0.3, -0.25) is 0 Å². The van der Waals surface area contributed by atoms with E-state index in [-0.39, 0.29) is 0 Å². The summed E-state index contributed by atoms with van der Waals surface area (Å²) in [5.74, 6) is 0. The SMILES string of the molecule is c1ccc2nn(-c3ccc4[nH]ccc4c3)cc2c1. The van der Waals surface area contributed by atoms with Crippen LogP contribution >= 0.6 is 0 Å². The number of hydrogen-bond donors (Lipinski definition) is 1. The number of aromatic nitrogens is 3. The van der Waals surface area contributed by atoms with Crippen molar-refractivity contribution in [3.8, 4) is 5.69 Å². The summed E-state index contributed by atoms with van der Waals surface area (Å²) in [5.41, 5.74) is 3.25. The number of fused-ring (bicyclic) bond motifs is 2. The molecule has 0 radical (unpaired) electrons. The molecule has 3 heteroatoms. The lowest BCUT2D eigenvalue weighted by atomic mass is 10.2. The highest BCUT2D eigenvalue weighted by atomic mass is 15.3. The zero-order valence-electron chi connectivity index (χ0n) is 9.67. The second kappa shape index (κ2) is 3.47. The van der Waals surface area contributed by atoms with Crippen LogP contribution in [0, 0.1) is 0 Å². The molecule has 18 heavy (non-hydrogen) atoms. The van der Waals surface area contributed by atoms with E-state index in [1.54, 1.807) is 0 Å². The molecule has 0 fully saturated rings. The lowest BCUT2D eigenvalue weighted by Gasteiger charge is -2.00. The van der Waals surface area contributed by atoms with Crippen molar-refractivity contribution in [2.24, 2.45) is 0 Å². The van der Waals surface area contributed by atoms with Gasteiger partial charge in [-0.1, -0.05) is 18.2 Å². The van der Waals surface area contributed by atoms with Crippen LogP contribution in [0.15, 0.2) is 60.9 Å². The quantitative estimate of drug-likeness (QED) is 0.536. The van der Waals surface area contributed by atoms with E-state index < -0.39 is 0 Å². The molecule has 0 spiro atoms. The second-order valence-corrected chi connectivity index (χ2v) is 4.38. The number of H-pyrrole nitrogens is 1. The standard InChI is InChI=1S/C15H11N3/c1-2-4-15-12(3-1)10-18(17-15)13-5-6-14-11(9-13)7-8-16-14/h1-10,16H. The number of nitrogens with one attached hydrogen (secondary N) is 1. The Kier molecular flexibility index (Phi) is 1.83. The minimum Gasteiger partial charge on any atom is -0.361 e. The van der Waals surface area contributed by atoms with E-state index in [4.69, 9.17) is 0 Å². The lowest BCUT2D eigenvalue weighted by molar-refractivity contribution is 0.898. The van der Waals surface area contributed by atoms with Crippen molar-refractivity contribution < 1.29 is 0 Å². The summed E-state index contributed by atoms with van der Waals surface area (Å²) in [6.07, 6.45) is 4.01. The first-order valence-corrected chi connectivity index (χ1v) is 5.92. The predicted molar refractivity (Wildman–Crippen MR) is 72.9 cm³/mol. The van der Waals surface area contributed by atoms with Gasteiger partial charge in [-0.15, -0.1) is 0 Å². The number of rotatable bonds is 1. The second-order valence-electron chi connectivity index (χ2n) is 4.38. The molecule has 0 amide bonds. The summed E-state index contributed by atoms with van der Waals surface area (Å²) in [6.45, 7) is 0. The van der Waals surface area contributed by atoms with E-state index in [0.717, 1.165) is 22.1 Å². The predicted octanol–water partition coefficient (Wildman–Crippen LogP) is 3.51. The maximum Gasteiger partial charge on any atom is 0.0927 e. The zero-order valence-corrected chi connectivity index (χ0v) is 9.67. The van der Waals surface area contributed by atoms with Crippen molar-refractivity contribution in [2.45, 2.75) is 0 Å². The molecular formula is C15H11N3. The van der Waals surface area contributed by atoms with E-state index in [1.165, 1.54) is 5.39 Å². The minimum absolute atomic E-state index is 1.02. The normalized spacial score (nSPS) is 11.3. The van der Waals surface area contributed by atoms with Gasteiger partial charge in [-0.2, -0.15) is 5.10 Å². The van der Waals surface area contributed by atoms with Crippen molar-refractivity contribution in [1.29, 1.82) is 0 Å². The monoisotopic (exact) mass is 233 g/mol. The van der Waals surface area contributed by atoms with Gasteiger partial charge in [0.25, 0.3) is 0 Å². The van der Waals surface area contributed by atoms with Crippen LogP contribution in [-0.2, 0) is 0 Å². The van der Waals surface area contributed by atoms with E-state index in [2.05, 4.69) is 46.6 Å². The van der Waals surface area contributed by atoms with Gasteiger partial charge in [0.05, 0.1) is 11.2 Å². The Morgan fingerprint density at radius 3 is 2.83 bits per heavy atom. The van der Waals surface area contributed by atoms with E-state index >= 15 is 0 Å². The first-order valence-electron chi connectivity index (χ1n) is 5.92. The van der Waals surface area contributed by atoms with Crippen LogP contribution in [0.1, 0.15) is 0 Å². The first-order chi connectivity index (χ1) is 8.90. The summed E-state index contributed by atoms with van der Waals surface area (Å²) in [5, 5.41) is 6.94. The van der Waals surface area contributed by atoms with Crippen molar-refractivity contribution in [2.75, 3.05) is 0 Å². The Hall–Kier alpha value is -2.55. The number of benzene rings is 2. The highest BCUT2D eigenvalue weighted by Gasteiger charge is 2.03. The molecule has 0 saturated heterocycles.